The van der Waals surface area contributed by atoms with Crippen molar-refractivity contribution >= 4 is 35.1 Å². The summed E-state index contributed by atoms with van der Waals surface area (Å²) in [5.41, 5.74) is 2.78. The van der Waals surface area contributed by atoms with Gasteiger partial charge in [-0.1, -0.05) is 38.1 Å². The van der Waals surface area contributed by atoms with Gasteiger partial charge >= 0.3 is 0 Å². The topological polar surface area (TPSA) is 157 Å². The number of aliphatic carboxylic acids is 2. The van der Waals surface area contributed by atoms with Crippen molar-refractivity contribution in [1.82, 2.24) is 0 Å². The summed E-state index contributed by atoms with van der Waals surface area (Å²) in [5, 5.41) is 26.3. The number of amides is 2. The van der Waals surface area contributed by atoms with E-state index in [4.69, 9.17) is 9.47 Å². The number of hydrogen-bond acceptors (Lipinski definition) is 8. The highest BCUT2D eigenvalue weighted by molar-refractivity contribution is 5.93. The third-order valence-electron chi connectivity index (χ3n) is 6.99. The normalized spacial score (nSPS) is 10.9. The van der Waals surface area contributed by atoms with Crippen molar-refractivity contribution in [3.63, 3.8) is 0 Å². The van der Waals surface area contributed by atoms with E-state index in [0.717, 1.165) is 11.1 Å². The Balaban J connectivity index is 1.35. The standard InChI is InChI=1S/C35H34N2O8/c1-35(2,23-6-12-27(13-7-23)44-28-14-8-25(9-15-28)36-31(38)18-20-33(40)41)24-4-3-5-30(22-24)45-29-16-10-26(11-17-29)37-32(39)19-21-34(42)43/h3-17,22H,18-21H2,1-2H3,(H,36,38)(H,37,39)(H,40,41)(H,42,43)/p-2. The Hall–Kier alpha value is -5.64. The maximum atomic E-state index is 11.8. The van der Waals surface area contributed by atoms with E-state index in [9.17, 15) is 29.4 Å². The monoisotopic (exact) mass is 608 g/mol. The van der Waals surface area contributed by atoms with E-state index in [2.05, 4.69) is 24.5 Å². The van der Waals surface area contributed by atoms with E-state index < -0.39 is 23.8 Å². The Bertz CT molecular complexity index is 1650. The van der Waals surface area contributed by atoms with Gasteiger partial charge in [-0.05, 0) is 96.8 Å². The van der Waals surface area contributed by atoms with Gasteiger partial charge in [0.2, 0.25) is 11.8 Å². The molecular weight excluding hydrogens is 576 g/mol. The number of carbonyl (C=O) groups excluding carboxylic acids is 4. The maximum absolute atomic E-state index is 11.8. The van der Waals surface area contributed by atoms with Gasteiger partial charge in [0.1, 0.15) is 23.0 Å². The average molecular weight is 609 g/mol. The highest BCUT2D eigenvalue weighted by Crippen LogP contribution is 2.36. The zero-order chi connectivity index (χ0) is 32.4. The third kappa shape index (κ3) is 9.69. The first-order valence-electron chi connectivity index (χ1n) is 14.2. The summed E-state index contributed by atoms with van der Waals surface area (Å²) in [6.45, 7) is 4.22. The molecule has 0 spiro atoms. The molecule has 0 aromatic heterocycles. The zero-order valence-corrected chi connectivity index (χ0v) is 24.8. The largest absolute Gasteiger partial charge is 0.550 e. The molecule has 0 bridgehead atoms. The minimum Gasteiger partial charge on any atom is -0.550 e. The third-order valence-corrected chi connectivity index (χ3v) is 6.99. The Kier molecular flexibility index (Phi) is 10.5. The van der Waals surface area contributed by atoms with Crippen LogP contribution in [0, 0.1) is 0 Å². The zero-order valence-electron chi connectivity index (χ0n) is 24.8. The van der Waals surface area contributed by atoms with E-state index in [1.165, 1.54) is 0 Å². The minimum atomic E-state index is -1.27. The van der Waals surface area contributed by atoms with Crippen LogP contribution in [0.1, 0.15) is 50.7 Å². The van der Waals surface area contributed by atoms with Crippen molar-refractivity contribution in [2.45, 2.75) is 44.9 Å². The summed E-state index contributed by atoms with van der Waals surface area (Å²) >= 11 is 0. The lowest BCUT2D eigenvalue weighted by Gasteiger charge is -2.27. The number of carboxylic acids is 2. The molecule has 0 aliphatic rings. The number of nitrogens with one attached hydrogen (secondary N) is 2. The van der Waals surface area contributed by atoms with Crippen LogP contribution in [0.25, 0.3) is 0 Å². The molecule has 2 amide bonds. The Morgan fingerprint density at radius 1 is 0.556 bits per heavy atom. The Morgan fingerprint density at radius 2 is 0.978 bits per heavy atom. The van der Waals surface area contributed by atoms with Gasteiger partial charge in [0.05, 0.1) is 0 Å². The van der Waals surface area contributed by atoms with Crippen LogP contribution in [-0.2, 0) is 24.6 Å². The van der Waals surface area contributed by atoms with Crippen LogP contribution in [-0.4, -0.2) is 23.8 Å². The van der Waals surface area contributed by atoms with Crippen LogP contribution in [0.4, 0.5) is 11.4 Å². The highest BCUT2D eigenvalue weighted by Gasteiger charge is 2.24. The smallest absolute Gasteiger partial charge is 0.224 e. The van der Waals surface area contributed by atoms with E-state index in [1.54, 1.807) is 48.5 Å². The number of benzene rings is 4. The van der Waals surface area contributed by atoms with Gasteiger partial charge in [-0.25, -0.2) is 0 Å². The van der Waals surface area contributed by atoms with Crippen LogP contribution in [0.2, 0.25) is 0 Å². The van der Waals surface area contributed by atoms with Gasteiger partial charge in [0.25, 0.3) is 0 Å². The summed E-state index contributed by atoms with van der Waals surface area (Å²) < 4.78 is 12.0. The molecule has 4 aromatic carbocycles. The van der Waals surface area contributed by atoms with Crippen molar-refractivity contribution in [2.24, 2.45) is 0 Å². The minimum absolute atomic E-state index is 0.158. The van der Waals surface area contributed by atoms with Crippen molar-refractivity contribution in [1.29, 1.82) is 0 Å². The van der Waals surface area contributed by atoms with Gasteiger partial charge in [0, 0.05) is 41.6 Å². The van der Waals surface area contributed by atoms with Crippen molar-refractivity contribution in [3.05, 3.63) is 108 Å². The maximum Gasteiger partial charge on any atom is 0.224 e. The fourth-order valence-electron chi connectivity index (χ4n) is 4.42. The molecule has 10 heteroatoms. The van der Waals surface area contributed by atoms with Gasteiger partial charge in [-0.2, -0.15) is 0 Å². The molecule has 0 unspecified atom stereocenters. The molecule has 0 atom stereocenters. The molecule has 0 radical (unpaired) electrons. The summed E-state index contributed by atoms with van der Waals surface area (Å²) in [4.78, 5) is 44.7. The first-order valence-corrected chi connectivity index (χ1v) is 14.2. The van der Waals surface area contributed by atoms with Crippen LogP contribution in [0.5, 0.6) is 23.0 Å². The first kappa shape index (κ1) is 32.3. The lowest BCUT2D eigenvalue weighted by Crippen LogP contribution is -2.24. The van der Waals surface area contributed by atoms with E-state index in [-0.39, 0.29) is 31.1 Å². The molecular formula is C35H32N2O8-2. The number of rotatable bonds is 14. The predicted octanol–water partition coefficient (Wildman–Crippen LogP) is 4.53. The SMILES string of the molecule is CC(C)(c1ccc(Oc2ccc(NC(=O)CCC(=O)[O-])cc2)cc1)c1cccc(Oc2ccc(NC(=O)CCC(=O)[O-])cc2)c1. The number of hydrogen-bond donors (Lipinski definition) is 2. The van der Waals surface area contributed by atoms with Crippen LogP contribution in [0.3, 0.4) is 0 Å². The van der Waals surface area contributed by atoms with Crippen molar-refractivity contribution < 1.29 is 38.9 Å². The Morgan fingerprint density at radius 3 is 1.42 bits per heavy atom. The van der Waals surface area contributed by atoms with Crippen molar-refractivity contribution in [3.8, 4) is 23.0 Å². The second-order valence-corrected chi connectivity index (χ2v) is 10.8. The molecule has 0 saturated carbocycles. The van der Waals surface area contributed by atoms with Gasteiger partial charge in [-0.3, -0.25) is 9.59 Å². The van der Waals surface area contributed by atoms with Gasteiger partial charge in [0.15, 0.2) is 0 Å². The summed E-state index contributed by atoms with van der Waals surface area (Å²) in [6, 6.07) is 29.1. The molecule has 232 valence electrons. The predicted molar refractivity (Wildman–Crippen MR) is 164 cm³/mol. The van der Waals surface area contributed by atoms with Crippen LogP contribution < -0.4 is 30.3 Å². The highest BCUT2D eigenvalue weighted by atomic mass is 16.5. The fraction of sp³-hybridized carbons (Fsp3) is 0.200. The second-order valence-electron chi connectivity index (χ2n) is 10.8. The lowest BCUT2D eigenvalue weighted by atomic mass is 9.78. The van der Waals surface area contributed by atoms with Gasteiger partial charge in [-0.15, -0.1) is 0 Å². The molecule has 4 rings (SSSR count). The second kappa shape index (κ2) is 14.7. The summed E-state index contributed by atoms with van der Waals surface area (Å²) in [6.07, 6.45) is -0.993. The molecule has 0 heterocycles. The molecule has 0 saturated heterocycles. The van der Waals surface area contributed by atoms with Crippen LogP contribution >= 0.6 is 0 Å². The molecule has 4 aromatic rings. The lowest BCUT2D eigenvalue weighted by molar-refractivity contribution is -0.307. The molecule has 10 nitrogen and oxygen atoms in total. The Labute approximate surface area is 260 Å². The summed E-state index contributed by atoms with van der Waals surface area (Å²) in [7, 11) is 0. The molecule has 2 N–H and O–H groups in total. The number of anilines is 2. The quantitative estimate of drug-likeness (QED) is 0.211. The number of carboxylic acid groups (broad SMARTS) is 2. The fourth-order valence-corrected chi connectivity index (χ4v) is 4.42. The van der Waals surface area contributed by atoms with E-state index in [1.807, 2.05) is 48.5 Å². The first-order chi connectivity index (χ1) is 21.5. The number of carbonyl (C=O) groups is 4. The molecule has 0 aliphatic heterocycles. The molecule has 0 fully saturated rings. The average Bonchev–Trinajstić information content (AvgIpc) is 3.01. The van der Waals surface area contributed by atoms with E-state index >= 15 is 0 Å². The summed E-state index contributed by atoms with van der Waals surface area (Å²) in [5.74, 6) is -0.933. The molecule has 45 heavy (non-hydrogen) atoms. The number of ether oxygens (including phenoxy) is 2. The van der Waals surface area contributed by atoms with E-state index in [0.29, 0.717) is 34.4 Å². The molecule has 0 aliphatic carbocycles. The van der Waals surface area contributed by atoms with Crippen molar-refractivity contribution in [2.75, 3.05) is 10.6 Å². The van der Waals surface area contributed by atoms with Crippen LogP contribution in [0.15, 0.2) is 97.1 Å². The van der Waals surface area contributed by atoms with Gasteiger partial charge < -0.3 is 39.9 Å².